The Morgan fingerprint density at radius 1 is 1.00 bits per heavy atom. The lowest BCUT2D eigenvalue weighted by Crippen LogP contribution is -2.45. The Balaban J connectivity index is 1.49. The monoisotopic (exact) mass is 447 g/mol. The Kier molecular flexibility index (Phi) is 4.65. The molecule has 2 N–H and O–H groups in total. The predicted octanol–water partition coefficient (Wildman–Crippen LogP) is 3.54. The molecule has 2 aromatic carbocycles. The van der Waals surface area contributed by atoms with Crippen LogP contribution in [0.2, 0.25) is 0 Å². The average molecular weight is 448 g/mol. The summed E-state index contributed by atoms with van der Waals surface area (Å²) in [5.41, 5.74) is 1.44. The summed E-state index contributed by atoms with van der Waals surface area (Å²) in [5, 5.41) is 9.98. The van der Waals surface area contributed by atoms with E-state index in [1.54, 1.807) is 23.6 Å². The molecule has 0 bridgehead atoms. The lowest BCUT2D eigenvalue weighted by Gasteiger charge is -2.16. The minimum atomic E-state index is -4.10. The number of fused-ring (bicyclic) bond motifs is 1. The second-order valence-corrected chi connectivity index (χ2v) is 9.76. The van der Waals surface area contributed by atoms with Crippen molar-refractivity contribution in [3.8, 4) is 11.3 Å². The van der Waals surface area contributed by atoms with Crippen molar-refractivity contribution in [2.45, 2.75) is 23.3 Å². The average Bonchev–Trinajstić information content (AvgIpc) is 3.17. The zero-order valence-electron chi connectivity index (χ0n) is 17.2. The van der Waals surface area contributed by atoms with Crippen molar-refractivity contribution in [1.82, 2.24) is 14.1 Å². The van der Waals surface area contributed by atoms with Crippen molar-refractivity contribution < 1.29 is 18.3 Å². The number of imidazole rings is 1. The molecule has 0 amide bonds. The molecule has 4 aromatic rings. The Hall–Kier alpha value is -3.49. The van der Waals surface area contributed by atoms with Crippen LogP contribution in [0, 0.1) is 5.92 Å². The van der Waals surface area contributed by atoms with Crippen LogP contribution in [0.1, 0.15) is 18.4 Å². The van der Waals surface area contributed by atoms with Gasteiger partial charge in [-0.3, -0.25) is 4.79 Å². The van der Waals surface area contributed by atoms with Crippen LogP contribution in [0.5, 0.6) is 0 Å². The van der Waals surface area contributed by atoms with Gasteiger partial charge in [-0.15, -0.1) is 0 Å². The van der Waals surface area contributed by atoms with E-state index in [1.165, 1.54) is 12.3 Å². The van der Waals surface area contributed by atoms with Gasteiger partial charge in [0.25, 0.3) is 0 Å². The Bertz CT molecular complexity index is 1420. The molecule has 0 saturated heterocycles. The fourth-order valence-corrected chi connectivity index (χ4v) is 5.92. The van der Waals surface area contributed by atoms with Crippen LogP contribution in [0.4, 0.5) is 0 Å². The van der Waals surface area contributed by atoms with Crippen LogP contribution < -0.4 is 4.72 Å². The van der Waals surface area contributed by atoms with Crippen molar-refractivity contribution in [1.29, 1.82) is 0 Å². The van der Waals surface area contributed by atoms with E-state index < -0.39 is 27.4 Å². The summed E-state index contributed by atoms with van der Waals surface area (Å²) in [4.78, 5) is 16.7. The third kappa shape index (κ3) is 3.19. The number of aromatic nitrogens is 2. The number of carboxylic acid groups (broad SMARTS) is 1. The van der Waals surface area contributed by atoms with E-state index in [4.69, 9.17) is 0 Å². The van der Waals surface area contributed by atoms with Gasteiger partial charge in [0.15, 0.2) is 0 Å². The minimum Gasteiger partial charge on any atom is -0.480 e. The van der Waals surface area contributed by atoms with Gasteiger partial charge in [0.1, 0.15) is 11.2 Å². The molecule has 3 atom stereocenters. The summed E-state index contributed by atoms with van der Waals surface area (Å²) in [6.45, 7) is 1.75. The van der Waals surface area contributed by atoms with Crippen molar-refractivity contribution in [3.63, 3.8) is 0 Å². The quantitative estimate of drug-likeness (QED) is 0.471. The number of pyridine rings is 1. The Labute approximate surface area is 185 Å². The summed E-state index contributed by atoms with van der Waals surface area (Å²) < 4.78 is 30.6. The topological polar surface area (TPSA) is 101 Å². The molecular formula is C24H21N3O4S. The molecule has 0 aliphatic heterocycles. The highest BCUT2D eigenvalue weighted by molar-refractivity contribution is 7.89. The number of benzene rings is 2. The molecule has 5 rings (SSSR count). The number of carbonyl (C=O) groups is 1. The Morgan fingerprint density at radius 3 is 2.31 bits per heavy atom. The highest BCUT2D eigenvalue weighted by atomic mass is 32.2. The molecule has 2 aromatic heterocycles. The summed E-state index contributed by atoms with van der Waals surface area (Å²) in [6, 6.07) is 21.8. The second kappa shape index (κ2) is 7.29. The van der Waals surface area contributed by atoms with Crippen LogP contribution in [-0.4, -0.2) is 34.4 Å². The lowest BCUT2D eigenvalue weighted by molar-refractivity contribution is -0.140. The van der Waals surface area contributed by atoms with Crippen molar-refractivity contribution >= 4 is 21.6 Å². The van der Waals surface area contributed by atoms with E-state index in [2.05, 4.69) is 9.71 Å². The normalized spacial score (nSPS) is 22.7. The van der Waals surface area contributed by atoms with E-state index in [-0.39, 0.29) is 10.8 Å². The van der Waals surface area contributed by atoms with E-state index in [0.29, 0.717) is 5.65 Å². The van der Waals surface area contributed by atoms with E-state index in [1.807, 2.05) is 60.7 Å². The molecule has 1 unspecified atom stereocenters. The number of hydrogen-bond acceptors (Lipinski definition) is 4. The van der Waals surface area contributed by atoms with Crippen molar-refractivity contribution in [2.24, 2.45) is 5.92 Å². The van der Waals surface area contributed by atoms with Gasteiger partial charge in [-0.1, -0.05) is 67.6 Å². The number of sulfonamides is 1. The lowest BCUT2D eigenvalue weighted by atomic mass is 10.1. The van der Waals surface area contributed by atoms with Gasteiger partial charge in [0.05, 0.1) is 10.6 Å². The molecule has 0 spiro atoms. The number of aliphatic carboxylic acids is 1. The van der Waals surface area contributed by atoms with Crippen LogP contribution in [0.15, 0.2) is 90.1 Å². The second-order valence-electron chi connectivity index (χ2n) is 8.08. The first-order valence-corrected chi connectivity index (χ1v) is 11.7. The highest BCUT2D eigenvalue weighted by Gasteiger charge is 2.70. The third-order valence-electron chi connectivity index (χ3n) is 6.22. The van der Waals surface area contributed by atoms with Gasteiger partial charge < -0.3 is 9.51 Å². The molecule has 7 nitrogen and oxygen atoms in total. The van der Waals surface area contributed by atoms with E-state index in [0.717, 1.165) is 16.8 Å². The maximum Gasteiger partial charge on any atom is 0.325 e. The van der Waals surface area contributed by atoms with Crippen LogP contribution in [0.25, 0.3) is 16.9 Å². The number of rotatable bonds is 6. The fraction of sp³-hybridized carbons (Fsp3) is 0.167. The molecule has 0 radical (unpaired) electrons. The molecule has 1 saturated carbocycles. The van der Waals surface area contributed by atoms with Crippen LogP contribution in [-0.2, 0) is 14.8 Å². The molecule has 8 heteroatoms. The SMILES string of the molecule is CC1[C@H](c2ccccc2)[C@]1(NS(=O)(=O)c1ccc2nc(-c3ccccc3)cn2c1)C(=O)O. The van der Waals surface area contributed by atoms with Gasteiger partial charge in [0, 0.05) is 23.9 Å². The zero-order valence-corrected chi connectivity index (χ0v) is 18.0. The largest absolute Gasteiger partial charge is 0.480 e. The van der Waals surface area contributed by atoms with Gasteiger partial charge in [-0.2, -0.15) is 4.72 Å². The highest BCUT2D eigenvalue weighted by Crippen LogP contribution is 2.58. The summed E-state index contributed by atoms with van der Waals surface area (Å²) in [5.74, 6) is -2.02. The molecule has 32 heavy (non-hydrogen) atoms. The standard InChI is InChI=1S/C24H21N3O4S/c1-16-22(18-10-6-3-7-11-18)24(16,23(28)29)26-32(30,31)19-12-13-21-25-20(15-27(21)14-19)17-8-4-2-5-9-17/h2-16,22,26H,1H3,(H,28,29)/t16?,22-,24+/m1/s1. The van der Waals surface area contributed by atoms with Gasteiger partial charge in [-0.05, 0) is 23.6 Å². The number of nitrogens with one attached hydrogen (secondary N) is 1. The molecule has 1 aliphatic rings. The maximum absolute atomic E-state index is 13.2. The smallest absolute Gasteiger partial charge is 0.325 e. The molecule has 1 fully saturated rings. The molecule has 2 heterocycles. The Morgan fingerprint density at radius 2 is 1.66 bits per heavy atom. The van der Waals surface area contributed by atoms with Gasteiger partial charge in [-0.25, -0.2) is 13.4 Å². The zero-order chi connectivity index (χ0) is 22.5. The summed E-state index contributed by atoms with van der Waals surface area (Å²) in [6.07, 6.45) is 3.21. The first-order chi connectivity index (χ1) is 15.3. The first-order valence-electron chi connectivity index (χ1n) is 10.2. The minimum absolute atomic E-state index is 0.0199. The van der Waals surface area contributed by atoms with Gasteiger partial charge >= 0.3 is 5.97 Å². The molecule has 162 valence electrons. The van der Waals surface area contributed by atoms with Crippen LogP contribution >= 0.6 is 0 Å². The van der Waals surface area contributed by atoms with E-state index >= 15 is 0 Å². The summed E-state index contributed by atoms with van der Waals surface area (Å²) >= 11 is 0. The van der Waals surface area contributed by atoms with E-state index in [9.17, 15) is 18.3 Å². The van der Waals surface area contributed by atoms with Crippen LogP contribution in [0.3, 0.4) is 0 Å². The molecule has 1 aliphatic carbocycles. The predicted molar refractivity (Wildman–Crippen MR) is 120 cm³/mol. The molecular weight excluding hydrogens is 426 g/mol. The number of nitrogens with zero attached hydrogens (tertiary/aromatic N) is 2. The van der Waals surface area contributed by atoms with Gasteiger partial charge in [0.2, 0.25) is 10.0 Å². The number of carboxylic acids is 1. The summed E-state index contributed by atoms with van der Waals surface area (Å²) in [7, 11) is -4.10. The fourth-order valence-electron chi connectivity index (χ4n) is 4.46. The maximum atomic E-state index is 13.2. The van der Waals surface area contributed by atoms with Crippen molar-refractivity contribution in [2.75, 3.05) is 0 Å². The first kappa shape index (κ1) is 20.4. The third-order valence-corrected chi connectivity index (χ3v) is 7.69. The van der Waals surface area contributed by atoms with Crippen molar-refractivity contribution in [3.05, 3.63) is 90.8 Å². The number of hydrogen-bond donors (Lipinski definition) is 2.